The fraction of sp³-hybridized carbons (Fsp3) is 0.500. The Morgan fingerprint density at radius 1 is 1.29 bits per heavy atom. The smallest absolute Gasteiger partial charge is 0.0629 e. The lowest BCUT2D eigenvalue weighted by Gasteiger charge is -2.26. The van der Waals surface area contributed by atoms with E-state index in [-0.39, 0.29) is 11.5 Å². The van der Waals surface area contributed by atoms with Crippen LogP contribution in [0, 0.1) is 5.41 Å². The van der Waals surface area contributed by atoms with Gasteiger partial charge in [0.15, 0.2) is 0 Å². The molecule has 78 valence electrons. The zero-order valence-corrected chi connectivity index (χ0v) is 9.88. The van der Waals surface area contributed by atoms with Gasteiger partial charge in [-0.2, -0.15) is 0 Å². The first-order valence-electron chi connectivity index (χ1n) is 4.86. The SMILES string of the molecule is CC(C)(C)C(O)Cc1ccccc1S. The van der Waals surface area contributed by atoms with Crippen LogP contribution in [0.15, 0.2) is 29.2 Å². The maximum atomic E-state index is 9.93. The molecule has 1 unspecified atom stereocenters. The average Bonchev–Trinajstić information content (AvgIpc) is 2.07. The normalized spacial score (nSPS) is 14.1. The highest BCUT2D eigenvalue weighted by Crippen LogP contribution is 2.24. The van der Waals surface area contributed by atoms with Crippen molar-refractivity contribution in [2.45, 2.75) is 38.2 Å². The highest BCUT2D eigenvalue weighted by Gasteiger charge is 2.22. The van der Waals surface area contributed by atoms with Gasteiger partial charge in [0.05, 0.1) is 6.10 Å². The molecule has 0 radical (unpaired) electrons. The Hall–Kier alpha value is -0.470. The lowest BCUT2D eigenvalue weighted by Crippen LogP contribution is -2.28. The van der Waals surface area contributed by atoms with Crippen molar-refractivity contribution in [1.82, 2.24) is 0 Å². The number of rotatable bonds is 2. The summed E-state index contributed by atoms with van der Waals surface area (Å²) in [5.74, 6) is 0. The molecule has 1 rings (SSSR count). The standard InChI is InChI=1S/C12H18OS/c1-12(2,3)11(13)8-9-6-4-5-7-10(9)14/h4-7,11,13-14H,8H2,1-3H3. The van der Waals surface area contributed by atoms with E-state index in [0.29, 0.717) is 6.42 Å². The highest BCUT2D eigenvalue weighted by atomic mass is 32.1. The van der Waals surface area contributed by atoms with Crippen LogP contribution in [0.2, 0.25) is 0 Å². The van der Waals surface area contributed by atoms with E-state index in [1.807, 2.05) is 45.0 Å². The van der Waals surface area contributed by atoms with Crippen molar-refractivity contribution in [3.05, 3.63) is 29.8 Å². The van der Waals surface area contributed by atoms with Crippen LogP contribution < -0.4 is 0 Å². The zero-order chi connectivity index (χ0) is 10.8. The second-order valence-corrected chi connectivity index (χ2v) is 5.20. The molecule has 0 heterocycles. The lowest BCUT2D eigenvalue weighted by molar-refractivity contribution is 0.0631. The minimum atomic E-state index is -0.323. The van der Waals surface area contributed by atoms with Crippen molar-refractivity contribution in [2.24, 2.45) is 5.41 Å². The van der Waals surface area contributed by atoms with Crippen molar-refractivity contribution < 1.29 is 5.11 Å². The van der Waals surface area contributed by atoms with Crippen LogP contribution in [-0.4, -0.2) is 11.2 Å². The number of benzene rings is 1. The van der Waals surface area contributed by atoms with E-state index in [0.717, 1.165) is 10.5 Å². The van der Waals surface area contributed by atoms with Gasteiger partial charge in [0, 0.05) is 4.90 Å². The fourth-order valence-electron chi connectivity index (χ4n) is 1.20. The summed E-state index contributed by atoms with van der Waals surface area (Å²) in [4.78, 5) is 0.954. The van der Waals surface area contributed by atoms with E-state index in [9.17, 15) is 5.11 Å². The molecular weight excluding hydrogens is 192 g/mol. The average molecular weight is 210 g/mol. The van der Waals surface area contributed by atoms with Crippen molar-refractivity contribution in [3.8, 4) is 0 Å². The van der Waals surface area contributed by atoms with Gasteiger partial charge < -0.3 is 5.11 Å². The molecule has 0 bridgehead atoms. The maximum absolute atomic E-state index is 9.93. The molecule has 2 heteroatoms. The van der Waals surface area contributed by atoms with Crippen LogP contribution in [0.3, 0.4) is 0 Å². The van der Waals surface area contributed by atoms with E-state index >= 15 is 0 Å². The summed E-state index contributed by atoms with van der Waals surface area (Å²) in [5, 5.41) is 9.93. The first kappa shape index (κ1) is 11.6. The molecule has 0 aliphatic carbocycles. The summed E-state index contributed by atoms with van der Waals surface area (Å²) in [6, 6.07) is 7.89. The summed E-state index contributed by atoms with van der Waals surface area (Å²) < 4.78 is 0. The Bertz CT molecular complexity index is 301. The van der Waals surface area contributed by atoms with E-state index < -0.39 is 0 Å². The highest BCUT2D eigenvalue weighted by molar-refractivity contribution is 7.80. The summed E-state index contributed by atoms with van der Waals surface area (Å²) in [6.07, 6.45) is 0.346. The number of hydrogen-bond donors (Lipinski definition) is 2. The van der Waals surface area contributed by atoms with Crippen LogP contribution in [0.5, 0.6) is 0 Å². The monoisotopic (exact) mass is 210 g/mol. The molecule has 0 fully saturated rings. The van der Waals surface area contributed by atoms with Gasteiger partial charge in [0.25, 0.3) is 0 Å². The molecular formula is C12H18OS. The van der Waals surface area contributed by atoms with E-state index in [2.05, 4.69) is 12.6 Å². The van der Waals surface area contributed by atoms with Gasteiger partial charge in [-0.3, -0.25) is 0 Å². The molecule has 14 heavy (non-hydrogen) atoms. The van der Waals surface area contributed by atoms with Crippen LogP contribution in [-0.2, 0) is 6.42 Å². The zero-order valence-electron chi connectivity index (χ0n) is 8.99. The largest absolute Gasteiger partial charge is 0.392 e. The van der Waals surface area contributed by atoms with Crippen LogP contribution in [0.4, 0.5) is 0 Å². The molecule has 0 aliphatic heterocycles. The Kier molecular flexibility index (Phi) is 3.62. The second-order valence-electron chi connectivity index (χ2n) is 4.71. The Morgan fingerprint density at radius 3 is 2.36 bits per heavy atom. The predicted molar refractivity (Wildman–Crippen MR) is 62.9 cm³/mol. The molecule has 0 saturated heterocycles. The minimum Gasteiger partial charge on any atom is -0.392 e. The molecule has 1 aromatic rings. The van der Waals surface area contributed by atoms with Gasteiger partial charge in [0.2, 0.25) is 0 Å². The van der Waals surface area contributed by atoms with Gasteiger partial charge in [0.1, 0.15) is 0 Å². The Morgan fingerprint density at radius 2 is 1.86 bits per heavy atom. The minimum absolute atomic E-state index is 0.0734. The van der Waals surface area contributed by atoms with E-state index in [1.165, 1.54) is 0 Å². The van der Waals surface area contributed by atoms with Gasteiger partial charge >= 0.3 is 0 Å². The predicted octanol–water partition coefficient (Wildman–Crippen LogP) is 2.92. The van der Waals surface area contributed by atoms with Crippen LogP contribution in [0.1, 0.15) is 26.3 Å². The Labute approximate surface area is 91.6 Å². The molecule has 0 spiro atoms. The quantitative estimate of drug-likeness (QED) is 0.719. The molecule has 0 amide bonds. The topological polar surface area (TPSA) is 20.2 Å². The molecule has 1 atom stereocenters. The third-order valence-corrected chi connectivity index (χ3v) is 2.84. The molecule has 0 aromatic heterocycles. The maximum Gasteiger partial charge on any atom is 0.0629 e. The van der Waals surface area contributed by atoms with Gasteiger partial charge in [-0.15, -0.1) is 12.6 Å². The second kappa shape index (κ2) is 4.37. The van der Waals surface area contributed by atoms with Gasteiger partial charge in [-0.25, -0.2) is 0 Å². The van der Waals surface area contributed by atoms with Crippen molar-refractivity contribution >= 4 is 12.6 Å². The first-order chi connectivity index (χ1) is 6.41. The van der Waals surface area contributed by atoms with E-state index in [4.69, 9.17) is 0 Å². The number of thiol groups is 1. The Balaban J connectivity index is 2.75. The lowest BCUT2D eigenvalue weighted by atomic mass is 9.85. The molecule has 1 N–H and O–H groups in total. The van der Waals surface area contributed by atoms with Gasteiger partial charge in [-0.05, 0) is 23.5 Å². The van der Waals surface area contributed by atoms with Gasteiger partial charge in [-0.1, -0.05) is 39.0 Å². The summed E-state index contributed by atoms with van der Waals surface area (Å²) in [7, 11) is 0. The first-order valence-corrected chi connectivity index (χ1v) is 5.31. The summed E-state index contributed by atoms with van der Waals surface area (Å²) >= 11 is 4.36. The third-order valence-electron chi connectivity index (χ3n) is 2.40. The fourth-order valence-corrected chi connectivity index (χ4v) is 1.45. The van der Waals surface area contributed by atoms with Crippen molar-refractivity contribution in [2.75, 3.05) is 0 Å². The summed E-state index contributed by atoms with van der Waals surface area (Å²) in [6.45, 7) is 6.12. The van der Waals surface area contributed by atoms with Crippen molar-refractivity contribution in [3.63, 3.8) is 0 Å². The number of aliphatic hydroxyl groups is 1. The number of aliphatic hydroxyl groups excluding tert-OH is 1. The summed E-state index contributed by atoms with van der Waals surface area (Å²) in [5.41, 5.74) is 1.04. The number of hydrogen-bond acceptors (Lipinski definition) is 2. The molecule has 0 aliphatic rings. The molecule has 1 nitrogen and oxygen atoms in total. The third kappa shape index (κ3) is 3.03. The van der Waals surface area contributed by atoms with Crippen molar-refractivity contribution in [1.29, 1.82) is 0 Å². The molecule has 1 aromatic carbocycles. The molecule has 0 saturated carbocycles. The van der Waals surface area contributed by atoms with Crippen LogP contribution >= 0.6 is 12.6 Å². The van der Waals surface area contributed by atoms with Crippen LogP contribution in [0.25, 0.3) is 0 Å². The van der Waals surface area contributed by atoms with E-state index in [1.54, 1.807) is 0 Å².